The minimum atomic E-state index is -4.69. The number of nitrogens with zero attached hydrogens (tertiary/aromatic N) is 2. The van der Waals surface area contributed by atoms with Crippen LogP contribution >= 0.6 is 0 Å². The third-order valence-corrected chi connectivity index (χ3v) is 4.04. The van der Waals surface area contributed by atoms with E-state index in [2.05, 4.69) is 17.1 Å². The second-order valence-corrected chi connectivity index (χ2v) is 5.72. The first-order valence-electron chi connectivity index (χ1n) is 6.87. The quantitative estimate of drug-likeness (QED) is 0.927. The van der Waals surface area contributed by atoms with E-state index in [1.165, 1.54) is 6.92 Å². The summed E-state index contributed by atoms with van der Waals surface area (Å²) >= 11 is 0. The SMILES string of the molecule is CC1CCC(c2noc(C(C)C(O)C(F)(F)F)n2)CC1. The van der Waals surface area contributed by atoms with Gasteiger partial charge in [0, 0.05) is 5.92 Å². The lowest BCUT2D eigenvalue weighted by Gasteiger charge is -2.23. The zero-order valence-corrected chi connectivity index (χ0v) is 11.5. The summed E-state index contributed by atoms with van der Waals surface area (Å²) in [5.74, 6) is -0.113. The van der Waals surface area contributed by atoms with Crippen LogP contribution < -0.4 is 0 Å². The highest BCUT2D eigenvalue weighted by Crippen LogP contribution is 2.36. The molecule has 4 nitrogen and oxygen atoms in total. The lowest BCUT2D eigenvalue weighted by molar-refractivity contribution is -0.210. The predicted octanol–water partition coefficient (Wildman–Crippen LogP) is 3.39. The Labute approximate surface area is 115 Å². The van der Waals surface area contributed by atoms with Crippen LogP contribution in [0.2, 0.25) is 0 Å². The molecule has 1 heterocycles. The number of aliphatic hydroxyl groups is 1. The van der Waals surface area contributed by atoms with Crippen molar-refractivity contribution in [2.24, 2.45) is 5.92 Å². The fourth-order valence-corrected chi connectivity index (χ4v) is 2.53. The molecule has 2 unspecified atom stereocenters. The topological polar surface area (TPSA) is 59.2 Å². The van der Waals surface area contributed by atoms with E-state index in [1.54, 1.807) is 0 Å². The molecule has 20 heavy (non-hydrogen) atoms. The zero-order valence-electron chi connectivity index (χ0n) is 11.5. The van der Waals surface area contributed by atoms with Crippen LogP contribution in [0.15, 0.2) is 4.52 Å². The standard InChI is InChI=1S/C13H19F3N2O2/c1-7-3-5-9(6-4-7)11-17-12(20-18-11)8(2)10(19)13(14,15)16/h7-10,19H,3-6H2,1-2H3. The zero-order chi connectivity index (χ0) is 14.9. The monoisotopic (exact) mass is 292 g/mol. The second-order valence-electron chi connectivity index (χ2n) is 5.72. The van der Waals surface area contributed by atoms with E-state index in [0.29, 0.717) is 11.7 Å². The van der Waals surface area contributed by atoms with Crippen LogP contribution in [0.25, 0.3) is 0 Å². The highest BCUT2D eigenvalue weighted by molar-refractivity contribution is 5.02. The maximum atomic E-state index is 12.4. The molecule has 1 fully saturated rings. The van der Waals surface area contributed by atoms with Crippen molar-refractivity contribution in [2.75, 3.05) is 0 Å². The lowest BCUT2D eigenvalue weighted by Crippen LogP contribution is -2.33. The van der Waals surface area contributed by atoms with Crippen LogP contribution in [-0.4, -0.2) is 27.5 Å². The Morgan fingerprint density at radius 3 is 2.40 bits per heavy atom. The highest BCUT2D eigenvalue weighted by Gasteiger charge is 2.44. The lowest BCUT2D eigenvalue weighted by atomic mass is 9.83. The van der Waals surface area contributed by atoms with E-state index >= 15 is 0 Å². The molecule has 1 N–H and O–H groups in total. The Morgan fingerprint density at radius 1 is 1.25 bits per heavy atom. The molecule has 2 rings (SSSR count). The summed E-state index contributed by atoms with van der Waals surface area (Å²) in [6, 6.07) is 0. The molecule has 0 bridgehead atoms. The molecular weight excluding hydrogens is 273 g/mol. The fraction of sp³-hybridized carbons (Fsp3) is 0.846. The van der Waals surface area contributed by atoms with Crippen molar-refractivity contribution in [1.82, 2.24) is 10.1 Å². The first-order chi connectivity index (χ1) is 9.29. The summed E-state index contributed by atoms with van der Waals surface area (Å²) in [4.78, 5) is 4.06. The predicted molar refractivity (Wildman–Crippen MR) is 65.1 cm³/mol. The molecular formula is C13H19F3N2O2. The maximum Gasteiger partial charge on any atom is 0.415 e. The molecule has 0 aliphatic heterocycles. The number of alkyl halides is 3. The van der Waals surface area contributed by atoms with Gasteiger partial charge in [-0.05, 0) is 18.8 Å². The van der Waals surface area contributed by atoms with Crippen LogP contribution in [-0.2, 0) is 0 Å². The van der Waals surface area contributed by atoms with E-state index in [1.807, 2.05) is 0 Å². The number of hydrogen-bond acceptors (Lipinski definition) is 4. The average Bonchev–Trinajstić information content (AvgIpc) is 2.86. The molecule has 1 saturated carbocycles. The molecule has 1 aromatic heterocycles. The van der Waals surface area contributed by atoms with E-state index < -0.39 is 18.2 Å². The summed E-state index contributed by atoms with van der Waals surface area (Å²) in [6.45, 7) is 3.41. The molecule has 0 amide bonds. The Hall–Kier alpha value is -1.11. The first-order valence-corrected chi connectivity index (χ1v) is 6.87. The van der Waals surface area contributed by atoms with E-state index in [0.717, 1.165) is 25.7 Å². The van der Waals surface area contributed by atoms with Gasteiger partial charge in [-0.1, -0.05) is 31.8 Å². The molecule has 1 aliphatic carbocycles. The molecule has 114 valence electrons. The van der Waals surface area contributed by atoms with Crippen LogP contribution in [0.3, 0.4) is 0 Å². The summed E-state index contributed by atoms with van der Waals surface area (Å²) < 4.78 is 42.3. The van der Waals surface area contributed by atoms with Gasteiger partial charge in [0.05, 0.1) is 5.92 Å². The van der Waals surface area contributed by atoms with E-state index in [4.69, 9.17) is 4.52 Å². The number of halogens is 3. The van der Waals surface area contributed by atoms with Crippen LogP contribution in [0.4, 0.5) is 13.2 Å². The summed E-state index contributed by atoms with van der Waals surface area (Å²) in [6.07, 6.45) is -3.19. The van der Waals surface area contributed by atoms with Crippen LogP contribution in [0.1, 0.15) is 63.1 Å². The van der Waals surface area contributed by atoms with Gasteiger partial charge in [0.2, 0.25) is 5.89 Å². The van der Waals surface area contributed by atoms with E-state index in [-0.39, 0.29) is 11.8 Å². The van der Waals surface area contributed by atoms with Crippen molar-refractivity contribution in [3.63, 3.8) is 0 Å². The van der Waals surface area contributed by atoms with Gasteiger partial charge < -0.3 is 9.63 Å². The van der Waals surface area contributed by atoms with Gasteiger partial charge in [0.15, 0.2) is 11.9 Å². The van der Waals surface area contributed by atoms with Crippen molar-refractivity contribution in [1.29, 1.82) is 0 Å². The summed E-state index contributed by atoms with van der Waals surface area (Å²) in [5.41, 5.74) is 0. The molecule has 1 aromatic rings. The highest BCUT2D eigenvalue weighted by atomic mass is 19.4. The molecule has 0 radical (unpaired) electrons. The smallest absolute Gasteiger partial charge is 0.383 e. The van der Waals surface area contributed by atoms with Crippen molar-refractivity contribution in [3.8, 4) is 0 Å². The third-order valence-electron chi connectivity index (χ3n) is 4.04. The second kappa shape index (κ2) is 5.71. The molecule has 2 atom stereocenters. The van der Waals surface area contributed by atoms with Gasteiger partial charge in [-0.3, -0.25) is 0 Å². The molecule has 0 spiro atoms. The van der Waals surface area contributed by atoms with Crippen molar-refractivity contribution in [3.05, 3.63) is 11.7 Å². The molecule has 0 saturated heterocycles. The molecule has 7 heteroatoms. The number of aliphatic hydroxyl groups excluding tert-OH is 1. The van der Waals surface area contributed by atoms with Gasteiger partial charge >= 0.3 is 6.18 Å². The Balaban J connectivity index is 2.05. The summed E-state index contributed by atoms with van der Waals surface area (Å²) in [7, 11) is 0. The Morgan fingerprint density at radius 2 is 1.85 bits per heavy atom. The summed E-state index contributed by atoms with van der Waals surface area (Å²) in [5, 5.41) is 13.0. The van der Waals surface area contributed by atoms with Crippen molar-refractivity contribution in [2.45, 2.75) is 63.6 Å². The maximum absolute atomic E-state index is 12.4. The van der Waals surface area contributed by atoms with Gasteiger partial charge in [-0.25, -0.2) is 0 Å². The number of aromatic nitrogens is 2. The minimum absolute atomic E-state index is 0.150. The minimum Gasteiger partial charge on any atom is -0.383 e. The Bertz CT molecular complexity index is 439. The van der Waals surface area contributed by atoms with E-state index in [9.17, 15) is 18.3 Å². The van der Waals surface area contributed by atoms with Gasteiger partial charge in [0.1, 0.15) is 0 Å². The number of hydrogen-bond donors (Lipinski definition) is 1. The fourth-order valence-electron chi connectivity index (χ4n) is 2.53. The largest absolute Gasteiger partial charge is 0.415 e. The van der Waals surface area contributed by atoms with Gasteiger partial charge in [-0.15, -0.1) is 0 Å². The Kier molecular flexibility index (Phi) is 4.36. The third kappa shape index (κ3) is 3.31. The normalized spacial score (nSPS) is 27.3. The number of rotatable bonds is 3. The van der Waals surface area contributed by atoms with Gasteiger partial charge in [0.25, 0.3) is 0 Å². The van der Waals surface area contributed by atoms with Crippen LogP contribution in [0.5, 0.6) is 0 Å². The first kappa shape index (κ1) is 15.3. The molecule has 0 aromatic carbocycles. The van der Waals surface area contributed by atoms with Crippen molar-refractivity contribution < 1.29 is 22.8 Å². The molecule has 1 aliphatic rings. The van der Waals surface area contributed by atoms with Crippen molar-refractivity contribution >= 4 is 0 Å². The van der Waals surface area contributed by atoms with Gasteiger partial charge in [-0.2, -0.15) is 18.2 Å². The van der Waals surface area contributed by atoms with Crippen LogP contribution in [0, 0.1) is 5.92 Å². The average molecular weight is 292 g/mol.